The highest BCUT2D eigenvalue weighted by Gasteiger charge is 2.22. The molecule has 3 amide bonds. The van der Waals surface area contributed by atoms with E-state index in [1.165, 1.54) is 12.1 Å². The molecule has 6 nitrogen and oxygen atoms in total. The summed E-state index contributed by atoms with van der Waals surface area (Å²) in [6.45, 7) is 3.95. The fraction of sp³-hybridized carbons (Fsp3) is 0.263. The predicted molar refractivity (Wildman–Crippen MR) is 96.1 cm³/mol. The summed E-state index contributed by atoms with van der Waals surface area (Å²) < 4.78 is 18.5. The highest BCUT2D eigenvalue weighted by atomic mass is 19.1. The van der Waals surface area contributed by atoms with Gasteiger partial charge in [0.15, 0.2) is 0 Å². The number of nitrogens with one attached hydrogen (secondary N) is 2. The maximum atomic E-state index is 12.9. The van der Waals surface area contributed by atoms with Gasteiger partial charge >= 0.3 is 6.03 Å². The van der Waals surface area contributed by atoms with Gasteiger partial charge in [-0.2, -0.15) is 0 Å². The Labute approximate surface area is 151 Å². The number of hydrogen-bond acceptors (Lipinski definition) is 3. The number of hydrogen-bond donors (Lipinski definition) is 3. The number of carbonyl (C=O) groups is 2. The SMILES string of the molecule is CC(C)C(NC(N)=O)C(=O)NCc1ccc(Oc2ccc(F)cc2)cc1. The zero-order chi connectivity index (χ0) is 19.1. The first-order chi connectivity index (χ1) is 12.3. The molecule has 4 N–H and O–H groups in total. The Morgan fingerprint density at radius 2 is 1.58 bits per heavy atom. The number of ether oxygens (including phenoxy) is 1. The average molecular weight is 359 g/mol. The molecule has 7 heteroatoms. The zero-order valence-corrected chi connectivity index (χ0v) is 14.7. The first-order valence-electron chi connectivity index (χ1n) is 8.21. The number of urea groups is 1. The molecule has 0 spiro atoms. The van der Waals surface area contributed by atoms with Gasteiger partial charge in [-0.25, -0.2) is 9.18 Å². The molecule has 0 saturated heterocycles. The van der Waals surface area contributed by atoms with E-state index in [9.17, 15) is 14.0 Å². The molecule has 138 valence electrons. The van der Waals surface area contributed by atoms with Gasteiger partial charge in [0.1, 0.15) is 23.4 Å². The Morgan fingerprint density at radius 1 is 1.04 bits per heavy atom. The van der Waals surface area contributed by atoms with Crippen molar-refractivity contribution in [2.75, 3.05) is 0 Å². The van der Waals surface area contributed by atoms with Crippen LogP contribution in [0.1, 0.15) is 19.4 Å². The minimum atomic E-state index is -0.735. The van der Waals surface area contributed by atoms with Crippen LogP contribution in [-0.4, -0.2) is 18.0 Å². The number of benzene rings is 2. The Kier molecular flexibility index (Phi) is 6.54. The first-order valence-corrected chi connectivity index (χ1v) is 8.21. The Bertz CT molecular complexity index is 746. The summed E-state index contributed by atoms with van der Waals surface area (Å²) in [6.07, 6.45) is 0. The third-order valence-corrected chi connectivity index (χ3v) is 3.69. The van der Waals surface area contributed by atoms with Crippen LogP contribution in [0.15, 0.2) is 48.5 Å². The fourth-order valence-electron chi connectivity index (χ4n) is 2.30. The van der Waals surface area contributed by atoms with Crippen LogP contribution in [0.5, 0.6) is 11.5 Å². The minimum absolute atomic E-state index is 0.0889. The van der Waals surface area contributed by atoms with Crippen molar-refractivity contribution in [1.82, 2.24) is 10.6 Å². The third kappa shape index (κ3) is 5.77. The normalized spacial score (nSPS) is 11.7. The van der Waals surface area contributed by atoms with Gasteiger partial charge in [-0.1, -0.05) is 26.0 Å². The van der Waals surface area contributed by atoms with E-state index >= 15 is 0 Å². The van der Waals surface area contributed by atoms with Gasteiger partial charge in [0, 0.05) is 6.54 Å². The summed E-state index contributed by atoms with van der Waals surface area (Å²) in [7, 11) is 0. The summed E-state index contributed by atoms with van der Waals surface area (Å²) in [5, 5.41) is 5.21. The van der Waals surface area contributed by atoms with Crippen LogP contribution in [0.2, 0.25) is 0 Å². The minimum Gasteiger partial charge on any atom is -0.457 e. The summed E-state index contributed by atoms with van der Waals surface area (Å²) in [5.41, 5.74) is 5.97. The molecule has 0 aliphatic rings. The Morgan fingerprint density at radius 3 is 2.08 bits per heavy atom. The first kappa shape index (κ1) is 19.2. The van der Waals surface area contributed by atoms with E-state index in [-0.39, 0.29) is 17.6 Å². The average Bonchev–Trinajstić information content (AvgIpc) is 2.60. The molecule has 0 radical (unpaired) electrons. The van der Waals surface area contributed by atoms with Crippen molar-refractivity contribution >= 4 is 11.9 Å². The molecule has 1 atom stereocenters. The summed E-state index contributed by atoms with van der Waals surface area (Å²) >= 11 is 0. The van der Waals surface area contributed by atoms with Gasteiger partial charge in [-0.3, -0.25) is 4.79 Å². The van der Waals surface area contributed by atoms with Crippen molar-refractivity contribution < 1.29 is 18.7 Å². The van der Waals surface area contributed by atoms with Crippen LogP contribution in [0.25, 0.3) is 0 Å². The lowest BCUT2D eigenvalue weighted by molar-refractivity contribution is -0.124. The number of carbonyl (C=O) groups excluding carboxylic acids is 2. The molecular weight excluding hydrogens is 337 g/mol. The third-order valence-electron chi connectivity index (χ3n) is 3.69. The summed E-state index contributed by atoms with van der Waals surface area (Å²) in [5.74, 6) is 0.417. The van der Waals surface area contributed by atoms with Gasteiger partial charge in [-0.05, 0) is 47.9 Å². The standard InChI is InChI=1S/C19H22FN3O3/c1-12(2)17(23-19(21)25)18(24)22-11-13-3-7-15(8-4-13)26-16-9-5-14(20)6-10-16/h3-10,12,17H,11H2,1-2H3,(H,22,24)(H3,21,23,25). The highest BCUT2D eigenvalue weighted by molar-refractivity contribution is 5.86. The van der Waals surface area contributed by atoms with Gasteiger partial charge in [0.2, 0.25) is 5.91 Å². The lowest BCUT2D eigenvalue weighted by Crippen LogP contribution is -2.51. The van der Waals surface area contributed by atoms with Gasteiger partial charge in [0.05, 0.1) is 0 Å². The van der Waals surface area contributed by atoms with Crippen LogP contribution in [0, 0.1) is 11.7 Å². The second-order valence-corrected chi connectivity index (χ2v) is 6.15. The van der Waals surface area contributed by atoms with E-state index in [2.05, 4.69) is 10.6 Å². The molecule has 0 fully saturated rings. The number of halogens is 1. The van der Waals surface area contributed by atoms with Gasteiger partial charge < -0.3 is 21.1 Å². The molecule has 2 aromatic carbocycles. The lowest BCUT2D eigenvalue weighted by atomic mass is 10.0. The molecule has 0 aromatic heterocycles. The van der Waals surface area contributed by atoms with Crippen molar-refractivity contribution in [3.05, 3.63) is 59.9 Å². The Hall–Kier alpha value is -3.09. The van der Waals surface area contributed by atoms with E-state index in [0.29, 0.717) is 18.0 Å². The van der Waals surface area contributed by atoms with Crippen molar-refractivity contribution in [2.24, 2.45) is 11.7 Å². The van der Waals surface area contributed by atoms with E-state index in [4.69, 9.17) is 10.5 Å². The molecule has 2 aromatic rings. The molecule has 0 heterocycles. The smallest absolute Gasteiger partial charge is 0.312 e. The van der Waals surface area contributed by atoms with E-state index in [0.717, 1.165) is 5.56 Å². The van der Waals surface area contributed by atoms with Crippen LogP contribution in [0.3, 0.4) is 0 Å². The van der Waals surface area contributed by atoms with E-state index < -0.39 is 12.1 Å². The fourth-order valence-corrected chi connectivity index (χ4v) is 2.30. The maximum absolute atomic E-state index is 12.9. The second kappa shape index (κ2) is 8.84. The zero-order valence-electron chi connectivity index (χ0n) is 14.7. The van der Waals surface area contributed by atoms with Crippen LogP contribution < -0.4 is 21.1 Å². The number of primary amides is 1. The van der Waals surface area contributed by atoms with E-state index in [1.807, 2.05) is 26.0 Å². The molecule has 2 rings (SSSR count). The van der Waals surface area contributed by atoms with Crippen molar-refractivity contribution in [1.29, 1.82) is 0 Å². The molecule has 0 aliphatic carbocycles. The molecule has 0 aliphatic heterocycles. The maximum Gasteiger partial charge on any atom is 0.312 e. The number of nitrogens with two attached hydrogens (primary N) is 1. The monoisotopic (exact) mass is 359 g/mol. The number of amides is 3. The highest BCUT2D eigenvalue weighted by Crippen LogP contribution is 2.21. The number of rotatable bonds is 7. The van der Waals surface area contributed by atoms with Gasteiger partial charge in [0.25, 0.3) is 0 Å². The molecule has 0 saturated carbocycles. The summed E-state index contributed by atoms with van der Waals surface area (Å²) in [4.78, 5) is 23.2. The molecular formula is C19H22FN3O3. The van der Waals surface area contributed by atoms with E-state index in [1.54, 1.807) is 24.3 Å². The van der Waals surface area contributed by atoms with Crippen molar-refractivity contribution in [3.63, 3.8) is 0 Å². The van der Waals surface area contributed by atoms with Crippen LogP contribution in [-0.2, 0) is 11.3 Å². The predicted octanol–water partition coefficient (Wildman–Crippen LogP) is 2.93. The van der Waals surface area contributed by atoms with Gasteiger partial charge in [-0.15, -0.1) is 0 Å². The lowest BCUT2D eigenvalue weighted by Gasteiger charge is -2.20. The topological polar surface area (TPSA) is 93.5 Å². The largest absolute Gasteiger partial charge is 0.457 e. The second-order valence-electron chi connectivity index (χ2n) is 6.15. The molecule has 26 heavy (non-hydrogen) atoms. The van der Waals surface area contributed by atoms with Crippen molar-refractivity contribution in [3.8, 4) is 11.5 Å². The van der Waals surface area contributed by atoms with Crippen molar-refractivity contribution in [2.45, 2.75) is 26.4 Å². The quantitative estimate of drug-likeness (QED) is 0.709. The molecule has 1 unspecified atom stereocenters. The van der Waals surface area contributed by atoms with Crippen LogP contribution >= 0.6 is 0 Å². The summed E-state index contributed by atoms with van der Waals surface area (Å²) in [6, 6.07) is 11.4. The Balaban J connectivity index is 1.91. The molecule has 0 bridgehead atoms. The van der Waals surface area contributed by atoms with Crippen LogP contribution in [0.4, 0.5) is 9.18 Å².